The number of fused-ring (bicyclic) bond motifs is 1. The number of aryl methyl sites for hydroxylation is 1. The molecule has 6 nitrogen and oxygen atoms in total. The van der Waals surface area contributed by atoms with Crippen molar-refractivity contribution in [1.29, 1.82) is 0 Å². The van der Waals surface area contributed by atoms with Gasteiger partial charge in [0.05, 0.1) is 19.0 Å². The van der Waals surface area contributed by atoms with Crippen molar-refractivity contribution in [3.05, 3.63) is 48.0 Å². The van der Waals surface area contributed by atoms with Gasteiger partial charge < -0.3 is 19.4 Å². The molecule has 3 atom stereocenters. The average molecular weight is 341 g/mol. The van der Waals surface area contributed by atoms with E-state index in [-0.39, 0.29) is 12.0 Å². The van der Waals surface area contributed by atoms with E-state index >= 15 is 0 Å². The molecule has 6 heteroatoms. The number of pyridine rings is 1. The van der Waals surface area contributed by atoms with Crippen LogP contribution in [0.25, 0.3) is 0 Å². The van der Waals surface area contributed by atoms with Gasteiger partial charge in [-0.15, -0.1) is 0 Å². The van der Waals surface area contributed by atoms with Crippen LogP contribution in [0.15, 0.2) is 41.0 Å². The molecule has 2 saturated heterocycles. The zero-order valence-corrected chi connectivity index (χ0v) is 14.4. The number of carbonyl (C=O) groups is 1. The van der Waals surface area contributed by atoms with Crippen LogP contribution in [0.5, 0.6) is 0 Å². The summed E-state index contributed by atoms with van der Waals surface area (Å²) >= 11 is 0. The minimum Gasteiger partial charge on any atom is -0.459 e. The topological polar surface area (TPSA) is 67.6 Å². The summed E-state index contributed by atoms with van der Waals surface area (Å²) in [5.74, 6) is 2.15. The predicted molar refractivity (Wildman–Crippen MR) is 93.6 cm³/mol. The molecule has 2 aliphatic rings. The molecular weight excluding hydrogens is 318 g/mol. The molecule has 25 heavy (non-hydrogen) atoms. The lowest BCUT2D eigenvalue weighted by molar-refractivity contribution is 0.0766. The number of furan rings is 1. The lowest BCUT2D eigenvalue weighted by atomic mass is 9.84. The number of rotatable bonds is 4. The van der Waals surface area contributed by atoms with Crippen molar-refractivity contribution in [2.45, 2.75) is 19.4 Å². The van der Waals surface area contributed by atoms with Gasteiger partial charge in [0.2, 0.25) is 0 Å². The molecule has 132 valence electrons. The zero-order valence-electron chi connectivity index (χ0n) is 14.4. The maximum absolute atomic E-state index is 12.1. The Morgan fingerprint density at radius 1 is 1.36 bits per heavy atom. The van der Waals surface area contributed by atoms with E-state index in [1.54, 1.807) is 12.1 Å². The van der Waals surface area contributed by atoms with E-state index in [1.807, 2.05) is 13.0 Å². The molecule has 4 rings (SSSR count). The molecule has 0 aromatic carbocycles. The molecule has 0 aliphatic carbocycles. The number of carbonyl (C=O) groups excluding carboxylic acids is 1. The molecule has 2 aliphatic heterocycles. The van der Waals surface area contributed by atoms with Crippen molar-refractivity contribution < 1.29 is 13.9 Å². The molecule has 1 N–H and O–H groups in total. The Hall–Kier alpha value is -2.34. The van der Waals surface area contributed by atoms with Crippen molar-refractivity contribution in [1.82, 2.24) is 10.3 Å². The smallest absolute Gasteiger partial charge is 0.287 e. The highest BCUT2D eigenvalue weighted by Gasteiger charge is 2.41. The highest BCUT2D eigenvalue weighted by atomic mass is 16.5. The van der Waals surface area contributed by atoms with E-state index in [4.69, 9.17) is 9.15 Å². The van der Waals surface area contributed by atoms with Gasteiger partial charge in [-0.1, -0.05) is 6.07 Å². The molecule has 0 spiro atoms. The first-order valence-electron chi connectivity index (χ1n) is 8.82. The lowest BCUT2D eigenvalue weighted by Crippen LogP contribution is -2.45. The van der Waals surface area contributed by atoms with E-state index in [9.17, 15) is 4.79 Å². The third-order valence-electron chi connectivity index (χ3n) is 5.21. The summed E-state index contributed by atoms with van der Waals surface area (Å²) in [7, 11) is 0. The molecule has 1 amide bonds. The highest BCUT2D eigenvalue weighted by Crippen LogP contribution is 2.35. The summed E-state index contributed by atoms with van der Waals surface area (Å²) in [5.41, 5.74) is 1.03. The number of amides is 1. The fraction of sp³-hybridized carbons (Fsp3) is 0.474. The monoisotopic (exact) mass is 341 g/mol. The lowest BCUT2D eigenvalue weighted by Gasteiger charge is -2.36. The van der Waals surface area contributed by atoms with Gasteiger partial charge >= 0.3 is 0 Å². The number of hydrogen-bond acceptors (Lipinski definition) is 5. The van der Waals surface area contributed by atoms with Crippen LogP contribution >= 0.6 is 0 Å². The van der Waals surface area contributed by atoms with Crippen molar-refractivity contribution >= 4 is 11.7 Å². The Kier molecular flexibility index (Phi) is 4.44. The number of hydrogen-bond donors (Lipinski definition) is 1. The van der Waals surface area contributed by atoms with E-state index < -0.39 is 0 Å². The quantitative estimate of drug-likeness (QED) is 0.924. The predicted octanol–water partition coefficient (Wildman–Crippen LogP) is 2.25. The minimum atomic E-state index is -0.190. The summed E-state index contributed by atoms with van der Waals surface area (Å²) in [6.07, 6.45) is 2.64. The highest BCUT2D eigenvalue weighted by molar-refractivity contribution is 5.91. The first-order chi connectivity index (χ1) is 12.2. The Bertz CT molecular complexity index is 731. The average Bonchev–Trinajstić information content (AvgIpc) is 3.29. The van der Waals surface area contributed by atoms with Crippen LogP contribution in [0.1, 0.15) is 22.7 Å². The fourth-order valence-corrected chi connectivity index (χ4v) is 3.84. The van der Waals surface area contributed by atoms with E-state index in [0.29, 0.717) is 24.1 Å². The Balaban J connectivity index is 1.39. The molecule has 2 aromatic heterocycles. The summed E-state index contributed by atoms with van der Waals surface area (Å²) < 4.78 is 11.1. The van der Waals surface area contributed by atoms with Gasteiger partial charge in [0, 0.05) is 31.2 Å². The fourth-order valence-electron chi connectivity index (χ4n) is 3.84. The molecule has 0 radical (unpaired) electrons. The first-order valence-corrected chi connectivity index (χ1v) is 8.82. The van der Waals surface area contributed by atoms with E-state index in [1.165, 1.54) is 6.26 Å². The van der Waals surface area contributed by atoms with Crippen LogP contribution < -0.4 is 10.2 Å². The summed E-state index contributed by atoms with van der Waals surface area (Å²) in [6, 6.07) is 9.51. The normalized spacial score (nSPS) is 25.6. The molecule has 0 unspecified atom stereocenters. The van der Waals surface area contributed by atoms with E-state index in [0.717, 1.165) is 37.6 Å². The van der Waals surface area contributed by atoms with Crippen molar-refractivity contribution in [2.75, 3.05) is 31.1 Å². The van der Waals surface area contributed by atoms with Crippen molar-refractivity contribution in [2.24, 2.45) is 11.8 Å². The maximum Gasteiger partial charge on any atom is 0.287 e. The van der Waals surface area contributed by atoms with Crippen molar-refractivity contribution in [3.8, 4) is 0 Å². The SMILES string of the molecule is Cc1cccc(N2CC[C@@H]3CO[C@@H](CNC(=O)c4ccco4)[C@@H]3C2)n1. The van der Waals surface area contributed by atoms with Crippen LogP contribution in [0.3, 0.4) is 0 Å². The van der Waals surface area contributed by atoms with Gasteiger partial charge in [-0.3, -0.25) is 4.79 Å². The van der Waals surface area contributed by atoms with Crippen molar-refractivity contribution in [3.63, 3.8) is 0 Å². The van der Waals surface area contributed by atoms with E-state index in [2.05, 4.69) is 27.3 Å². The van der Waals surface area contributed by atoms with Gasteiger partial charge in [-0.25, -0.2) is 4.98 Å². The third-order valence-corrected chi connectivity index (χ3v) is 5.21. The summed E-state index contributed by atoms with van der Waals surface area (Å²) in [6.45, 7) is 5.23. The molecular formula is C19H23N3O3. The summed E-state index contributed by atoms with van der Waals surface area (Å²) in [4.78, 5) is 19.0. The van der Waals surface area contributed by atoms with Gasteiger partial charge in [0.1, 0.15) is 5.82 Å². The second kappa shape index (κ2) is 6.88. The molecule has 0 bridgehead atoms. The number of ether oxygens (including phenoxy) is 1. The Morgan fingerprint density at radius 2 is 2.28 bits per heavy atom. The number of nitrogens with zero attached hydrogens (tertiary/aromatic N) is 2. The van der Waals surface area contributed by atoms with Crippen LogP contribution in [-0.2, 0) is 4.74 Å². The van der Waals surface area contributed by atoms with Crippen LogP contribution in [0.2, 0.25) is 0 Å². The number of aromatic nitrogens is 1. The van der Waals surface area contributed by atoms with Gasteiger partial charge in [-0.2, -0.15) is 0 Å². The number of anilines is 1. The molecule has 2 fully saturated rings. The second-order valence-electron chi connectivity index (χ2n) is 6.85. The van der Waals surface area contributed by atoms with Crippen LogP contribution in [0, 0.1) is 18.8 Å². The Morgan fingerprint density at radius 3 is 3.08 bits per heavy atom. The zero-order chi connectivity index (χ0) is 17.2. The maximum atomic E-state index is 12.1. The molecule has 0 saturated carbocycles. The third kappa shape index (κ3) is 3.39. The largest absolute Gasteiger partial charge is 0.459 e. The molecule has 4 heterocycles. The van der Waals surface area contributed by atoms with Gasteiger partial charge in [0.25, 0.3) is 5.91 Å². The second-order valence-corrected chi connectivity index (χ2v) is 6.85. The van der Waals surface area contributed by atoms with Gasteiger partial charge in [-0.05, 0) is 43.5 Å². The van der Waals surface area contributed by atoms with Crippen LogP contribution in [0.4, 0.5) is 5.82 Å². The van der Waals surface area contributed by atoms with Crippen LogP contribution in [-0.4, -0.2) is 43.2 Å². The Labute approximate surface area is 147 Å². The number of piperidine rings is 1. The standard InChI is InChI=1S/C19H23N3O3/c1-13-4-2-6-18(21-13)22-8-7-14-12-25-17(15(14)11-22)10-20-19(23)16-5-3-9-24-16/h2-6,9,14-15,17H,7-8,10-12H2,1H3,(H,20,23)/t14-,15-,17+/m1/s1. The number of nitrogens with one attached hydrogen (secondary N) is 1. The first kappa shape index (κ1) is 16.1. The van der Waals surface area contributed by atoms with Gasteiger partial charge in [0.15, 0.2) is 5.76 Å². The minimum absolute atomic E-state index is 0.0384. The molecule has 2 aromatic rings. The summed E-state index contributed by atoms with van der Waals surface area (Å²) in [5, 5.41) is 2.93.